The van der Waals surface area contributed by atoms with Crippen LogP contribution in [0.1, 0.15) is 31.0 Å². The number of anilines is 1. The van der Waals surface area contributed by atoms with Crippen LogP contribution in [0.4, 0.5) is 5.82 Å². The number of nitrogens with zero attached hydrogens (tertiary/aromatic N) is 2. The lowest BCUT2D eigenvalue weighted by Gasteiger charge is -2.23. The zero-order valence-corrected chi connectivity index (χ0v) is 6.70. The van der Waals surface area contributed by atoms with Crippen LogP contribution in [0.2, 0.25) is 0 Å². The molecule has 1 aliphatic rings. The number of nitrogens with two attached hydrogens (primary N) is 1. The van der Waals surface area contributed by atoms with Crippen LogP contribution < -0.4 is 5.73 Å². The largest absolute Gasteiger partial charge is 0.493 e. The van der Waals surface area contributed by atoms with Gasteiger partial charge in [0, 0.05) is 12.0 Å². The zero-order valence-electron chi connectivity index (χ0n) is 6.70. The minimum atomic E-state index is -0.0237. The van der Waals surface area contributed by atoms with E-state index in [2.05, 4.69) is 9.97 Å². The molecule has 1 fully saturated rings. The van der Waals surface area contributed by atoms with E-state index < -0.39 is 0 Å². The maximum absolute atomic E-state index is 9.13. The lowest BCUT2D eigenvalue weighted by molar-refractivity contribution is 0.388. The van der Waals surface area contributed by atoms with Gasteiger partial charge in [-0.2, -0.15) is 4.98 Å². The zero-order chi connectivity index (χ0) is 8.55. The Morgan fingerprint density at radius 2 is 2.17 bits per heavy atom. The first-order valence-corrected chi connectivity index (χ1v) is 4.09. The molecule has 3 N–H and O–H groups in total. The van der Waals surface area contributed by atoms with Gasteiger partial charge in [-0.05, 0) is 12.8 Å². The van der Waals surface area contributed by atoms with Gasteiger partial charge in [-0.3, -0.25) is 0 Å². The van der Waals surface area contributed by atoms with Gasteiger partial charge in [0.2, 0.25) is 5.88 Å². The first-order valence-electron chi connectivity index (χ1n) is 4.09. The highest BCUT2D eigenvalue weighted by atomic mass is 16.3. The predicted octanol–water partition coefficient (Wildman–Crippen LogP) is 1.03. The smallest absolute Gasteiger partial charge is 0.216 e. The summed E-state index contributed by atoms with van der Waals surface area (Å²) in [6, 6.07) is 1.36. The third-order valence-electron chi connectivity index (χ3n) is 2.22. The van der Waals surface area contributed by atoms with Gasteiger partial charge in [0.25, 0.3) is 0 Å². The second kappa shape index (κ2) is 2.62. The summed E-state index contributed by atoms with van der Waals surface area (Å²) < 4.78 is 0. The average Bonchev–Trinajstić information content (AvgIpc) is 1.79. The van der Waals surface area contributed by atoms with Crippen molar-refractivity contribution in [2.45, 2.75) is 25.2 Å². The quantitative estimate of drug-likeness (QED) is 0.652. The standard InChI is InChI=1S/C8H11N3O/c9-6-4-7(12)11-8(10-6)5-2-1-3-5/h4-5H,1-3H2,(H3,9,10,11,12). The predicted molar refractivity (Wildman–Crippen MR) is 44.7 cm³/mol. The Hall–Kier alpha value is -1.32. The summed E-state index contributed by atoms with van der Waals surface area (Å²) in [4.78, 5) is 7.98. The van der Waals surface area contributed by atoms with Gasteiger partial charge in [-0.15, -0.1) is 0 Å². The second-order valence-corrected chi connectivity index (χ2v) is 3.14. The van der Waals surface area contributed by atoms with Crippen molar-refractivity contribution >= 4 is 5.82 Å². The average molecular weight is 165 g/mol. The highest BCUT2D eigenvalue weighted by molar-refractivity contribution is 5.32. The lowest BCUT2D eigenvalue weighted by atomic mass is 9.85. The molecule has 0 atom stereocenters. The number of nitrogen functional groups attached to an aromatic ring is 1. The van der Waals surface area contributed by atoms with Crippen molar-refractivity contribution < 1.29 is 5.11 Å². The summed E-state index contributed by atoms with van der Waals surface area (Å²) >= 11 is 0. The Labute approximate surface area is 70.5 Å². The van der Waals surface area contributed by atoms with E-state index in [1.807, 2.05) is 0 Å². The Morgan fingerprint density at radius 3 is 2.67 bits per heavy atom. The normalized spacial score (nSPS) is 17.3. The maximum atomic E-state index is 9.13. The summed E-state index contributed by atoms with van der Waals surface area (Å²) in [6.07, 6.45) is 3.45. The van der Waals surface area contributed by atoms with E-state index in [4.69, 9.17) is 10.8 Å². The van der Waals surface area contributed by atoms with Crippen LogP contribution >= 0.6 is 0 Å². The van der Waals surface area contributed by atoms with Crippen LogP contribution in [0.5, 0.6) is 5.88 Å². The molecule has 1 saturated carbocycles. The van der Waals surface area contributed by atoms with Gasteiger partial charge < -0.3 is 10.8 Å². The Balaban J connectivity index is 2.30. The van der Waals surface area contributed by atoms with Crippen LogP contribution in [-0.2, 0) is 0 Å². The molecule has 12 heavy (non-hydrogen) atoms. The van der Waals surface area contributed by atoms with Crippen LogP contribution in [0.3, 0.4) is 0 Å². The van der Waals surface area contributed by atoms with Crippen molar-refractivity contribution in [1.82, 2.24) is 9.97 Å². The third-order valence-corrected chi connectivity index (χ3v) is 2.22. The molecule has 0 unspecified atom stereocenters. The minimum absolute atomic E-state index is 0.0237. The van der Waals surface area contributed by atoms with Gasteiger partial charge in [-0.25, -0.2) is 4.98 Å². The van der Waals surface area contributed by atoms with E-state index >= 15 is 0 Å². The minimum Gasteiger partial charge on any atom is -0.493 e. The molecule has 2 rings (SSSR count). The van der Waals surface area contributed by atoms with E-state index in [1.165, 1.54) is 12.5 Å². The van der Waals surface area contributed by atoms with E-state index in [0.29, 0.717) is 17.6 Å². The van der Waals surface area contributed by atoms with Crippen molar-refractivity contribution in [2.75, 3.05) is 5.73 Å². The first kappa shape index (κ1) is 7.34. The Morgan fingerprint density at radius 1 is 1.42 bits per heavy atom. The summed E-state index contributed by atoms with van der Waals surface area (Å²) in [7, 11) is 0. The molecular weight excluding hydrogens is 154 g/mol. The molecule has 0 bridgehead atoms. The van der Waals surface area contributed by atoms with Crippen molar-refractivity contribution in [1.29, 1.82) is 0 Å². The van der Waals surface area contributed by atoms with E-state index in [-0.39, 0.29) is 5.88 Å². The highest BCUT2D eigenvalue weighted by Crippen LogP contribution is 2.35. The number of hydrogen-bond donors (Lipinski definition) is 2. The summed E-state index contributed by atoms with van der Waals surface area (Å²) in [5.74, 6) is 1.44. The van der Waals surface area contributed by atoms with E-state index in [0.717, 1.165) is 12.8 Å². The molecule has 1 aromatic rings. The molecule has 0 aliphatic heterocycles. The van der Waals surface area contributed by atoms with Crippen molar-refractivity contribution in [2.24, 2.45) is 0 Å². The molecule has 4 heteroatoms. The Bertz CT molecular complexity index is 276. The van der Waals surface area contributed by atoms with E-state index in [1.54, 1.807) is 0 Å². The lowest BCUT2D eigenvalue weighted by Crippen LogP contribution is -2.13. The van der Waals surface area contributed by atoms with Crippen molar-refractivity contribution in [3.63, 3.8) is 0 Å². The van der Waals surface area contributed by atoms with Crippen molar-refractivity contribution in [3.8, 4) is 5.88 Å². The van der Waals surface area contributed by atoms with Crippen LogP contribution in [0, 0.1) is 0 Å². The summed E-state index contributed by atoms with van der Waals surface area (Å²) in [5.41, 5.74) is 5.46. The fourth-order valence-corrected chi connectivity index (χ4v) is 1.32. The fraction of sp³-hybridized carbons (Fsp3) is 0.500. The fourth-order valence-electron chi connectivity index (χ4n) is 1.32. The molecular formula is C8H11N3O. The molecule has 4 nitrogen and oxygen atoms in total. The first-order chi connectivity index (χ1) is 5.75. The van der Waals surface area contributed by atoms with Gasteiger partial charge in [-0.1, -0.05) is 6.42 Å². The summed E-state index contributed by atoms with van der Waals surface area (Å²) in [5, 5.41) is 9.13. The van der Waals surface area contributed by atoms with Crippen LogP contribution in [0.25, 0.3) is 0 Å². The van der Waals surface area contributed by atoms with E-state index in [9.17, 15) is 0 Å². The molecule has 1 aliphatic carbocycles. The SMILES string of the molecule is Nc1cc(O)nc(C2CCC2)n1. The molecule has 64 valence electrons. The van der Waals surface area contributed by atoms with Crippen molar-refractivity contribution in [3.05, 3.63) is 11.9 Å². The number of hydrogen-bond acceptors (Lipinski definition) is 4. The van der Waals surface area contributed by atoms with Crippen LogP contribution in [-0.4, -0.2) is 15.1 Å². The molecule has 0 saturated heterocycles. The third kappa shape index (κ3) is 1.20. The van der Waals surface area contributed by atoms with Gasteiger partial charge >= 0.3 is 0 Å². The summed E-state index contributed by atoms with van der Waals surface area (Å²) in [6.45, 7) is 0. The Kier molecular flexibility index (Phi) is 1.60. The van der Waals surface area contributed by atoms with Crippen LogP contribution in [0.15, 0.2) is 6.07 Å². The highest BCUT2D eigenvalue weighted by Gasteiger charge is 2.22. The maximum Gasteiger partial charge on any atom is 0.216 e. The molecule has 0 spiro atoms. The number of aromatic hydroxyl groups is 1. The van der Waals surface area contributed by atoms with Gasteiger partial charge in [0.15, 0.2) is 0 Å². The molecule has 0 amide bonds. The molecule has 0 aromatic carbocycles. The molecule has 0 radical (unpaired) electrons. The van der Waals surface area contributed by atoms with Gasteiger partial charge in [0.05, 0.1) is 0 Å². The number of rotatable bonds is 1. The molecule has 1 heterocycles. The second-order valence-electron chi connectivity index (χ2n) is 3.14. The monoisotopic (exact) mass is 165 g/mol. The number of aromatic nitrogens is 2. The molecule has 1 aromatic heterocycles. The van der Waals surface area contributed by atoms with Gasteiger partial charge in [0.1, 0.15) is 11.6 Å². The topological polar surface area (TPSA) is 72.0 Å².